The molecule has 1 amide bonds. The van der Waals surface area contributed by atoms with Crippen molar-refractivity contribution in [3.63, 3.8) is 0 Å². The Morgan fingerprint density at radius 3 is 2.00 bits per heavy atom. The van der Waals surface area contributed by atoms with Crippen LogP contribution in [0.15, 0.2) is 0 Å². The van der Waals surface area contributed by atoms with Crippen LogP contribution in [0, 0.1) is 0 Å². The fourth-order valence-electron chi connectivity index (χ4n) is 1.77. The number of piperazine rings is 1. The van der Waals surface area contributed by atoms with Gasteiger partial charge in [0.1, 0.15) is 6.04 Å². The van der Waals surface area contributed by atoms with E-state index in [1.807, 2.05) is 0 Å². The van der Waals surface area contributed by atoms with Crippen LogP contribution in [0.2, 0.25) is 0 Å². The molecule has 0 aliphatic carbocycles. The molecule has 0 saturated carbocycles. The van der Waals surface area contributed by atoms with Gasteiger partial charge in [0.15, 0.2) is 0 Å². The molecule has 5 nitrogen and oxygen atoms in total. The minimum atomic E-state index is -4.69. The number of carbonyl (C=O) groups excluding carboxylic acids is 1. The lowest BCUT2D eigenvalue weighted by Gasteiger charge is -2.37. The smallest absolute Gasteiger partial charge is 0.383 e. The first kappa shape index (κ1) is 15.7. The Bertz CT molecular complexity index is 357. The van der Waals surface area contributed by atoms with Crippen molar-refractivity contribution < 1.29 is 32.3 Å². The fraction of sp³-hybridized carbons (Fsp3) is 0.800. The number of rotatable bonds is 4. The number of nitrogens with zero attached hydrogens (tertiary/aromatic N) is 2. The molecule has 1 N–H and O–H groups in total. The summed E-state index contributed by atoms with van der Waals surface area (Å²) in [6, 6.07) is -0.812. The van der Waals surface area contributed by atoms with Crippen LogP contribution in [-0.2, 0) is 9.59 Å². The summed E-state index contributed by atoms with van der Waals surface area (Å²) in [6.45, 7) is 1.14. The molecule has 19 heavy (non-hydrogen) atoms. The molecule has 0 aromatic heterocycles. The van der Waals surface area contributed by atoms with Gasteiger partial charge in [-0.05, 0) is 6.92 Å². The number of carboxylic acids is 1. The third-order valence-corrected chi connectivity index (χ3v) is 3.07. The first-order valence-electron chi connectivity index (χ1n) is 5.60. The van der Waals surface area contributed by atoms with Crippen molar-refractivity contribution in [3.8, 4) is 0 Å². The minimum absolute atomic E-state index is 0.0541. The van der Waals surface area contributed by atoms with Crippen molar-refractivity contribution >= 4 is 11.9 Å². The maximum absolute atomic E-state index is 12.9. The molecule has 0 aromatic carbocycles. The van der Waals surface area contributed by atoms with E-state index in [0.29, 0.717) is 4.90 Å². The highest BCUT2D eigenvalue weighted by Crippen LogP contribution is 2.26. The van der Waals surface area contributed by atoms with Crippen LogP contribution in [0.25, 0.3) is 0 Å². The monoisotopic (exact) mass is 286 g/mol. The Morgan fingerprint density at radius 2 is 1.63 bits per heavy atom. The summed E-state index contributed by atoms with van der Waals surface area (Å²) in [5.74, 6) is -7.68. The van der Waals surface area contributed by atoms with Crippen molar-refractivity contribution in [1.29, 1.82) is 0 Å². The predicted molar refractivity (Wildman–Crippen MR) is 56.2 cm³/mol. The average Bonchev–Trinajstić information content (AvgIpc) is 2.36. The number of hydrogen-bond acceptors (Lipinski definition) is 3. The number of halogens is 4. The number of amides is 1. The van der Waals surface area contributed by atoms with Crippen molar-refractivity contribution in [3.05, 3.63) is 0 Å². The number of hydrogen-bond donors (Lipinski definition) is 1. The SMILES string of the molecule is CC(C(=O)O)N1CCN(C(=O)C(F)(F)C(F)F)CC1. The lowest BCUT2D eigenvalue weighted by atomic mass is 10.2. The lowest BCUT2D eigenvalue weighted by Crippen LogP contribution is -2.57. The molecule has 1 saturated heterocycles. The second-order valence-electron chi connectivity index (χ2n) is 4.27. The lowest BCUT2D eigenvalue weighted by molar-refractivity contribution is -0.182. The zero-order valence-electron chi connectivity index (χ0n) is 10.2. The zero-order valence-corrected chi connectivity index (χ0v) is 10.2. The summed E-state index contributed by atoms with van der Waals surface area (Å²) >= 11 is 0. The molecule has 9 heteroatoms. The molecule has 0 bridgehead atoms. The Kier molecular flexibility index (Phi) is 4.72. The van der Waals surface area contributed by atoms with Crippen LogP contribution in [0.5, 0.6) is 0 Å². The van der Waals surface area contributed by atoms with E-state index in [2.05, 4.69) is 0 Å². The van der Waals surface area contributed by atoms with Gasteiger partial charge < -0.3 is 10.0 Å². The summed E-state index contributed by atoms with van der Waals surface area (Å²) < 4.78 is 49.8. The van der Waals surface area contributed by atoms with Gasteiger partial charge in [0.05, 0.1) is 0 Å². The summed E-state index contributed by atoms with van der Waals surface area (Å²) in [4.78, 5) is 24.1. The molecule has 1 unspecified atom stereocenters. The zero-order chi connectivity index (χ0) is 14.8. The molecule has 1 heterocycles. The Morgan fingerprint density at radius 1 is 1.16 bits per heavy atom. The largest absolute Gasteiger partial charge is 0.480 e. The van der Waals surface area contributed by atoms with Gasteiger partial charge in [-0.3, -0.25) is 14.5 Å². The van der Waals surface area contributed by atoms with Crippen LogP contribution >= 0.6 is 0 Å². The fourth-order valence-corrected chi connectivity index (χ4v) is 1.77. The van der Waals surface area contributed by atoms with Gasteiger partial charge in [0, 0.05) is 26.2 Å². The summed E-state index contributed by atoms with van der Waals surface area (Å²) in [7, 11) is 0. The second kappa shape index (κ2) is 5.72. The normalized spacial score (nSPS) is 19.6. The highest BCUT2D eigenvalue weighted by atomic mass is 19.3. The highest BCUT2D eigenvalue weighted by Gasteiger charge is 2.51. The molecule has 0 spiro atoms. The number of alkyl halides is 4. The van der Waals surface area contributed by atoms with Crippen LogP contribution in [0.3, 0.4) is 0 Å². The molecular formula is C10H14F4N2O3. The number of carbonyl (C=O) groups is 2. The van der Waals surface area contributed by atoms with Crippen LogP contribution in [0.4, 0.5) is 17.6 Å². The van der Waals surface area contributed by atoms with Gasteiger partial charge in [-0.25, -0.2) is 8.78 Å². The van der Waals surface area contributed by atoms with E-state index in [-0.39, 0.29) is 26.2 Å². The van der Waals surface area contributed by atoms with E-state index >= 15 is 0 Å². The standard InChI is InChI=1S/C10H14F4N2O3/c1-6(7(17)18)15-2-4-16(5-3-15)9(19)10(13,14)8(11)12/h6,8H,2-5H2,1H3,(H,17,18). The topological polar surface area (TPSA) is 60.9 Å². The first-order valence-corrected chi connectivity index (χ1v) is 5.60. The molecule has 1 atom stereocenters. The number of aliphatic carboxylic acids is 1. The third kappa shape index (κ3) is 3.34. The molecule has 1 aliphatic heterocycles. The Balaban J connectivity index is 2.59. The van der Waals surface area contributed by atoms with Gasteiger partial charge in [-0.15, -0.1) is 0 Å². The Hall–Kier alpha value is -1.38. The van der Waals surface area contributed by atoms with Gasteiger partial charge in [0.25, 0.3) is 5.91 Å². The molecular weight excluding hydrogens is 272 g/mol. The van der Waals surface area contributed by atoms with Crippen molar-refractivity contribution in [2.45, 2.75) is 25.3 Å². The minimum Gasteiger partial charge on any atom is -0.480 e. The molecule has 1 rings (SSSR count). The van der Waals surface area contributed by atoms with Gasteiger partial charge in [-0.1, -0.05) is 0 Å². The molecule has 1 fully saturated rings. The number of carboxylic acid groups (broad SMARTS) is 1. The summed E-state index contributed by atoms with van der Waals surface area (Å²) in [6.07, 6.45) is -4.05. The third-order valence-electron chi connectivity index (χ3n) is 3.07. The average molecular weight is 286 g/mol. The summed E-state index contributed by atoms with van der Waals surface area (Å²) in [5.41, 5.74) is 0. The van der Waals surface area contributed by atoms with E-state index in [0.717, 1.165) is 0 Å². The van der Waals surface area contributed by atoms with E-state index in [4.69, 9.17) is 5.11 Å². The molecule has 110 valence electrons. The molecule has 1 aliphatic rings. The quantitative estimate of drug-likeness (QED) is 0.765. The summed E-state index contributed by atoms with van der Waals surface area (Å²) in [5, 5.41) is 8.77. The van der Waals surface area contributed by atoms with Crippen LogP contribution in [0.1, 0.15) is 6.92 Å². The maximum Gasteiger partial charge on any atom is 0.383 e. The van der Waals surface area contributed by atoms with Crippen molar-refractivity contribution in [2.75, 3.05) is 26.2 Å². The predicted octanol–water partition coefficient (Wildman–Crippen LogP) is 0.504. The van der Waals surface area contributed by atoms with Gasteiger partial charge in [0.2, 0.25) is 0 Å². The van der Waals surface area contributed by atoms with E-state index in [1.165, 1.54) is 11.8 Å². The van der Waals surface area contributed by atoms with Gasteiger partial charge in [-0.2, -0.15) is 8.78 Å². The second-order valence-corrected chi connectivity index (χ2v) is 4.27. The van der Waals surface area contributed by atoms with Gasteiger partial charge >= 0.3 is 18.3 Å². The highest BCUT2D eigenvalue weighted by molar-refractivity contribution is 5.84. The van der Waals surface area contributed by atoms with E-state index < -0.39 is 30.3 Å². The maximum atomic E-state index is 12.9. The van der Waals surface area contributed by atoms with E-state index in [1.54, 1.807) is 0 Å². The molecule has 0 radical (unpaired) electrons. The van der Waals surface area contributed by atoms with Crippen LogP contribution in [-0.4, -0.2) is 71.4 Å². The Labute approximate surface area is 106 Å². The van der Waals surface area contributed by atoms with Crippen molar-refractivity contribution in [2.24, 2.45) is 0 Å². The van der Waals surface area contributed by atoms with Crippen LogP contribution < -0.4 is 0 Å². The molecule has 0 aromatic rings. The van der Waals surface area contributed by atoms with E-state index in [9.17, 15) is 27.2 Å². The first-order chi connectivity index (χ1) is 8.67. The van der Waals surface area contributed by atoms with Crippen molar-refractivity contribution in [1.82, 2.24) is 9.80 Å².